The minimum absolute atomic E-state index is 0. The average Bonchev–Trinajstić information content (AvgIpc) is 3.35. The van der Waals surface area contributed by atoms with Gasteiger partial charge in [-0.1, -0.05) is 19.0 Å². The average molecular weight is 453 g/mol. The molecule has 0 spiro atoms. The Hall–Kier alpha value is -0.650. The van der Waals surface area contributed by atoms with Gasteiger partial charge >= 0.3 is 0 Å². The Morgan fingerprint density at radius 2 is 1.94 bits per heavy atom. The number of hydrogen-bond acceptors (Lipinski definition) is 5. The third-order valence-corrected chi connectivity index (χ3v) is 10.1. The van der Waals surface area contributed by atoms with E-state index >= 15 is 0 Å². The molecule has 1 saturated heterocycles. The molecule has 0 aromatic carbocycles. The second-order valence-corrected chi connectivity index (χ2v) is 11.4. The summed E-state index contributed by atoms with van der Waals surface area (Å²) in [6.45, 7) is 7.64. The SMILES string of the molecule is COCC1C[C@@H]2[C@@H](CC[C@]3(C)C(=O)CC[C@@H]23)[C@@]2(C)CCC(=NO[C@@H]3CCNC3)CC12.Cl. The molecule has 0 radical (unpaired) electrons. The number of rotatable bonds is 4. The molecule has 31 heavy (non-hydrogen) atoms. The largest absolute Gasteiger partial charge is 0.391 e. The van der Waals surface area contributed by atoms with E-state index in [1.807, 2.05) is 7.11 Å². The molecular weight excluding hydrogens is 412 g/mol. The van der Waals surface area contributed by atoms with Gasteiger partial charge < -0.3 is 14.9 Å². The lowest BCUT2D eigenvalue weighted by Crippen LogP contribution is -2.57. The van der Waals surface area contributed by atoms with E-state index in [0.29, 0.717) is 34.9 Å². The van der Waals surface area contributed by atoms with Gasteiger partial charge in [0.15, 0.2) is 0 Å². The number of carbonyl (C=O) groups is 1. The van der Waals surface area contributed by atoms with Gasteiger partial charge in [0.25, 0.3) is 0 Å². The Kier molecular flexibility index (Phi) is 6.78. The van der Waals surface area contributed by atoms with Crippen molar-refractivity contribution in [2.24, 2.45) is 45.6 Å². The molecule has 0 bridgehead atoms. The Morgan fingerprint density at radius 1 is 1.10 bits per heavy atom. The molecule has 8 atom stereocenters. The highest BCUT2D eigenvalue weighted by molar-refractivity contribution is 5.87. The second kappa shape index (κ2) is 8.95. The molecule has 5 nitrogen and oxygen atoms in total. The minimum atomic E-state index is -0.0492. The van der Waals surface area contributed by atoms with Crippen LogP contribution in [0.2, 0.25) is 0 Å². The number of carbonyl (C=O) groups excluding carboxylic acids is 1. The van der Waals surface area contributed by atoms with Crippen LogP contribution in [0.3, 0.4) is 0 Å². The van der Waals surface area contributed by atoms with Crippen LogP contribution < -0.4 is 5.32 Å². The predicted molar refractivity (Wildman–Crippen MR) is 125 cm³/mol. The Bertz CT molecular complexity index is 709. The van der Waals surface area contributed by atoms with E-state index in [4.69, 9.17) is 9.57 Å². The lowest BCUT2D eigenvalue weighted by Gasteiger charge is -2.61. The van der Waals surface area contributed by atoms with Gasteiger partial charge in [-0.2, -0.15) is 0 Å². The van der Waals surface area contributed by atoms with Crippen molar-refractivity contribution < 1.29 is 14.4 Å². The van der Waals surface area contributed by atoms with E-state index in [9.17, 15) is 4.79 Å². The smallest absolute Gasteiger partial charge is 0.141 e. The van der Waals surface area contributed by atoms with E-state index < -0.39 is 0 Å². The summed E-state index contributed by atoms with van der Waals surface area (Å²) >= 11 is 0. The molecule has 1 heterocycles. The molecule has 5 aliphatic rings. The number of hydrogen-bond donors (Lipinski definition) is 1. The molecule has 2 unspecified atom stereocenters. The maximum absolute atomic E-state index is 12.7. The van der Waals surface area contributed by atoms with E-state index in [1.54, 1.807) is 0 Å². The fourth-order valence-corrected chi connectivity index (χ4v) is 8.42. The summed E-state index contributed by atoms with van der Waals surface area (Å²) in [5, 5.41) is 8.01. The van der Waals surface area contributed by atoms with Crippen molar-refractivity contribution in [3.05, 3.63) is 0 Å². The van der Waals surface area contributed by atoms with Crippen LogP contribution >= 0.6 is 12.4 Å². The summed E-state index contributed by atoms with van der Waals surface area (Å²) in [5.41, 5.74) is 1.56. The van der Waals surface area contributed by atoms with Gasteiger partial charge in [-0.15, -0.1) is 12.4 Å². The zero-order valence-corrected chi connectivity index (χ0v) is 20.3. The lowest BCUT2D eigenvalue weighted by atomic mass is 9.43. The summed E-state index contributed by atoms with van der Waals surface area (Å²) in [7, 11) is 1.85. The number of oxime groups is 1. The van der Waals surface area contributed by atoms with E-state index in [-0.39, 0.29) is 23.9 Å². The quantitative estimate of drug-likeness (QED) is 0.632. The minimum Gasteiger partial charge on any atom is -0.391 e. The van der Waals surface area contributed by atoms with Crippen LogP contribution in [0.5, 0.6) is 0 Å². The highest BCUT2D eigenvalue weighted by Crippen LogP contribution is 2.66. The predicted octanol–water partition coefficient (Wildman–Crippen LogP) is 4.63. The van der Waals surface area contributed by atoms with Crippen molar-refractivity contribution in [1.29, 1.82) is 0 Å². The number of nitrogens with zero attached hydrogens (tertiary/aromatic N) is 1. The molecule has 0 aromatic rings. The molecule has 0 amide bonds. The van der Waals surface area contributed by atoms with Crippen molar-refractivity contribution in [3.8, 4) is 0 Å². The first kappa shape index (κ1) is 23.5. The molecule has 0 aromatic heterocycles. The number of ether oxygens (including phenoxy) is 1. The van der Waals surface area contributed by atoms with Crippen LogP contribution in [-0.2, 0) is 14.4 Å². The monoisotopic (exact) mass is 452 g/mol. The normalized spacial score (nSPS) is 48.0. The number of fused-ring (bicyclic) bond motifs is 5. The first-order chi connectivity index (χ1) is 14.5. The van der Waals surface area contributed by atoms with Crippen LogP contribution in [0.25, 0.3) is 0 Å². The maximum Gasteiger partial charge on any atom is 0.141 e. The molecule has 6 heteroatoms. The van der Waals surface area contributed by atoms with Crippen molar-refractivity contribution >= 4 is 23.9 Å². The molecular formula is C25H41ClN2O3. The Balaban J connectivity index is 0.00000231. The standard InChI is InChI=1S/C25H40N2O3.ClH/c1-24-9-6-17(27-30-18-8-11-26-14-18)13-22(24)16(15-29-3)12-19-20-4-5-23(28)25(20,2)10-7-21(19)24;/h16,18-22,26H,4-15H2,1-3H3;1H/t16?,18-,19+,20+,21-,22?,24-,25+;/m1./s1. The van der Waals surface area contributed by atoms with Gasteiger partial charge in [0, 0.05) is 38.5 Å². The summed E-state index contributed by atoms with van der Waals surface area (Å²) in [4.78, 5) is 18.6. The van der Waals surface area contributed by atoms with Crippen LogP contribution in [0.1, 0.15) is 71.6 Å². The van der Waals surface area contributed by atoms with Gasteiger partial charge in [0.2, 0.25) is 0 Å². The highest BCUT2D eigenvalue weighted by Gasteiger charge is 2.62. The molecule has 4 aliphatic carbocycles. The van der Waals surface area contributed by atoms with Gasteiger partial charge in [0.05, 0.1) is 5.71 Å². The lowest BCUT2D eigenvalue weighted by molar-refractivity contribution is -0.145. The number of nitrogens with one attached hydrogen (secondary N) is 1. The summed E-state index contributed by atoms with van der Waals surface area (Å²) in [5.74, 6) is 3.76. The van der Waals surface area contributed by atoms with Gasteiger partial charge in [-0.3, -0.25) is 4.79 Å². The van der Waals surface area contributed by atoms with Crippen molar-refractivity contribution in [2.75, 3.05) is 26.8 Å². The number of methoxy groups -OCH3 is 1. The molecule has 1 N–H and O–H groups in total. The summed E-state index contributed by atoms with van der Waals surface area (Å²) in [6, 6.07) is 0. The Labute approximate surface area is 193 Å². The third-order valence-electron chi connectivity index (χ3n) is 10.1. The van der Waals surface area contributed by atoms with E-state index in [1.165, 1.54) is 25.0 Å². The van der Waals surface area contributed by atoms with Crippen molar-refractivity contribution in [1.82, 2.24) is 5.32 Å². The molecule has 5 fully saturated rings. The summed E-state index contributed by atoms with van der Waals surface area (Å²) in [6.07, 6.45) is 10.1. The van der Waals surface area contributed by atoms with Crippen LogP contribution in [0.15, 0.2) is 5.16 Å². The molecule has 176 valence electrons. The van der Waals surface area contributed by atoms with Crippen molar-refractivity contribution in [2.45, 2.75) is 77.7 Å². The van der Waals surface area contributed by atoms with Crippen LogP contribution in [0, 0.1) is 40.4 Å². The number of halogens is 1. The topological polar surface area (TPSA) is 59.9 Å². The molecule has 1 aliphatic heterocycles. The summed E-state index contributed by atoms with van der Waals surface area (Å²) < 4.78 is 5.74. The van der Waals surface area contributed by atoms with Gasteiger partial charge in [-0.05, 0) is 86.5 Å². The van der Waals surface area contributed by atoms with Crippen LogP contribution in [0.4, 0.5) is 0 Å². The van der Waals surface area contributed by atoms with Gasteiger partial charge in [-0.25, -0.2) is 0 Å². The van der Waals surface area contributed by atoms with E-state index in [0.717, 1.165) is 64.1 Å². The number of Topliss-reactive ketones (excluding diaryl/α,β-unsaturated/α-hetero) is 1. The first-order valence-corrected chi connectivity index (χ1v) is 12.4. The second-order valence-electron chi connectivity index (χ2n) is 11.4. The molecule has 5 rings (SSSR count). The first-order valence-electron chi connectivity index (χ1n) is 12.4. The van der Waals surface area contributed by atoms with Crippen LogP contribution in [-0.4, -0.2) is 44.4 Å². The van der Waals surface area contributed by atoms with E-state index in [2.05, 4.69) is 24.3 Å². The number of ketones is 1. The maximum atomic E-state index is 12.7. The van der Waals surface area contributed by atoms with Gasteiger partial charge in [0.1, 0.15) is 11.9 Å². The fourth-order valence-electron chi connectivity index (χ4n) is 8.42. The Morgan fingerprint density at radius 3 is 2.68 bits per heavy atom. The molecule has 4 saturated carbocycles. The zero-order chi connectivity index (χ0) is 20.9. The third kappa shape index (κ3) is 3.87. The fraction of sp³-hybridized carbons (Fsp3) is 0.920. The van der Waals surface area contributed by atoms with Crippen molar-refractivity contribution in [3.63, 3.8) is 0 Å². The highest BCUT2D eigenvalue weighted by atomic mass is 35.5. The zero-order valence-electron chi connectivity index (χ0n) is 19.5.